The molecule has 1 aliphatic rings. The van der Waals surface area contributed by atoms with Gasteiger partial charge in [0.25, 0.3) is 0 Å². The van der Waals surface area contributed by atoms with E-state index in [4.69, 9.17) is 11.6 Å². The first-order valence-corrected chi connectivity index (χ1v) is 8.17. The molecule has 0 heterocycles. The van der Waals surface area contributed by atoms with Crippen molar-refractivity contribution in [2.75, 3.05) is 20.1 Å². The Kier molecular flexibility index (Phi) is 6.34. The fourth-order valence-corrected chi connectivity index (χ4v) is 3.32. The summed E-state index contributed by atoms with van der Waals surface area (Å²) < 4.78 is 0. The highest BCUT2D eigenvalue weighted by Gasteiger charge is 2.17. The van der Waals surface area contributed by atoms with Crippen LogP contribution in [-0.4, -0.2) is 31.1 Å². The summed E-state index contributed by atoms with van der Waals surface area (Å²) in [7, 11) is 2.17. The van der Waals surface area contributed by atoms with Crippen LogP contribution in [0.5, 0.6) is 0 Å². The quantitative estimate of drug-likeness (QED) is 0.855. The Morgan fingerprint density at radius 3 is 2.95 bits per heavy atom. The van der Waals surface area contributed by atoms with Crippen molar-refractivity contribution in [3.05, 3.63) is 34.9 Å². The van der Waals surface area contributed by atoms with Crippen LogP contribution in [0.25, 0.3) is 0 Å². The first kappa shape index (κ1) is 15.8. The van der Waals surface area contributed by atoms with E-state index in [0.29, 0.717) is 0 Å². The SMILES string of the molecule is CC1CCCC(NCCN(C)Cc2cccc(Cl)c2)C1. The molecule has 2 unspecified atom stereocenters. The molecule has 2 nitrogen and oxygen atoms in total. The van der Waals surface area contributed by atoms with Gasteiger partial charge in [-0.1, -0.05) is 43.5 Å². The molecular formula is C17H27ClN2. The average molecular weight is 295 g/mol. The first-order chi connectivity index (χ1) is 9.63. The van der Waals surface area contributed by atoms with Gasteiger partial charge in [-0.15, -0.1) is 0 Å². The van der Waals surface area contributed by atoms with E-state index in [1.54, 1.807) is 0 Å². The Morgan fingerprint density at radius 1 is 1.35 bits per heavy atom. The highest BCUT2D eigenvalue weighted by Crippen LogP contribution is 2.23. The summed E-state index contributed by atoms with van der Waals surface area (Å²) in [6.45, 7) is 5.49. The molecule has 0 spiro atoms. The van der Waals surface area contributed by atoms with E-state index < -0.39 is 0 Å². The van der Waals surface area contributed by atoms with Crippen molar-refractivity contribution in [3.8, 4) is 0 Å². The Balaban J connectivity index is 1.66. The molecule has 1 N–H and O–H groups in total. The molecule has 3 heteroatoms. The molecule has 1 fully saturated rings. The smallest absolute Gasteiger partial charge is 0.0409 e. The van der Waals surface area contributed by atoms with Gasteiger partial charge in [0.15, 0.2) is 0 Å². The van der Waals surface area contributed by atoms with Crippen molar-refractivity contribution in [2.24, 2.45) is 5.92 Å². The molecule has 1 aliphatic carbocycles. The minimum absolute atomic E-state index is 0.735. The maximum absolute atomic E-state index is 6.02. The van der Waals surface area contributed by atoms with E-state index in [1.807, 2.05) is 18.2 Å². The molecule has 2 atom stereocenters. The zero-order valence-electron chi connectivity index (χ0n) is 12.7. The normalized spacial score (nSPS) is 23.2. The number of likely N-dealkylation sites (N-methyl/N-ethyl adjacent to an activating group) is 1. The number of benzene rings is 1. The zero-order chi connectivity index (χ0) is 14.4. The van der Waals surface area contributed by atoms with Crippen LogP contribution in [0.4, 0.5) is 0 Å². The molecule has 1 aromatic rings. The number of hydrogen-bond acceptors (Lipinski definition) is 2. The molecule has 0 aromatic heterocycles. The van der Waals surface area contributed by atoms with Crippen LogP contribution in [0.2, 0.25) is 5.02 Å². The van der Waals surface area contributed by atoms with Crippen molar-refractivity contribution in [3.63, 3.8) is 0 Å². The van der Waals surface area contributed by atoms with Gasteiger partial charge < -0.3 is 10.2 Å². The van der Waals surface area contributed by atoms with Crippen molar-refractivity contribution < 1.29 is 0 Å². The number of halogens is 1. The Morgan fingerprint density at radius 2 is 2.20 bits per heavy atom. The van der Waals surface area contributed by atoms with Gasteiger partial charge in [-0.25, -0.2) is 0 Å². The average Bonchev–Trinajstić information content (AvgIpc) is 2.38. The van der Waals surface area contributed by atoms with Crippen LogP contribution in [0.3, 0.4) is 0 Å². The molecule has 0 saturated heterocycles. The van der Waals surface area contributed by atoms with Crippen LogP contribution in [0.15, 0.2) is 24.3 Å². The van der Waals surface area contributed by atoms with Gasteiger partial charge in [0.1, 0.15) is 0 Å². The van der Waals surface area contributed by atoms with Crippen molar-refractivity contribution >= 4 is 11.6 Å². The minimum Gasteiger partial charge on any atom is -0.313 e. The molecular weight excluding hydrogens is 268 g/mol. The minimum atomic E-state index is 0.735. The number of nitrogens with one attached hydrogen (secondary N) is 1. The lowest BCUT2D eigenvalue weighted by molar-refractivity contribution is 0.274. The molecule has 1 saturated carbocycles. The van der Waals surface area contributed by atoms with Gasteiger partial charge in [0, 0.05) is 30.7 Å². The van der Waals surface area contributed by atoms with E-state index in [9.17, 15) is 0 Å². The number of hydrogen-bond donors (Lipinski definition) is 1. The lowest BCUT2D eigenvalue weighted by Crippen LogP contribution is -2.38. The predicted molar refractivity (Wildman–Crippen MR) is 87.2 cm³/mol. The van der Waals surface area contributed by atoms with E-state index in [2.05, 4.69) is 30.3 Å². The summed E-state index contributed by atoms with van der Waals surface area (Å²) in [5, 5.41) is 4.54. The van der Waals surface area contributed by atoms with Crippen LogP contribution in [0.1, 0.15) is 38.2 Å². The summed E-state index contributed by atoms with van der Waals surface area (Å²) >= 11 is 6.02. The summed E-state index contributed by atoms with van der Waals surface area (Å²) in [6.07, 6.45) is 5.49. The summed E-state index contributed by atoms with van der Waals surface area (Å²) in [5.41, 5.74) is 1.28. The van der Waals surface area contributed by atoms with E-state index in [0.717, 1.165) is 36.6 Å². The molecule has 0 radical (unpaired) electrons. The predicted octanol–water partition coefficient (Wildman–Crippen LogP) is 3.94. The third kappa shape index (κ3) is 5.43. The monoisotopic (exact) mass is 294 g/mol. The van der Waals surface area contributed by atoms with Crippen LogP contribution in [-0.2, 0) is 6.54 Å². The van der Waals surface area contributed by atoms with Gasteiger partial charge in [-0.2, -0.15) is 0 Å². The molecule has 20 heavy (non-hydrogen) atoms. The molecule has 0 aliphatic heterocycles. The summed E-state index contributed by atoms with van der Waals surface area (Å²) in [5.74, 6) is 0.894. The van der Waals surface area contributed by atoms with Gasteiger partial charge in [0.2, 0.25) is 0 Å². The topological polar surface area (TPSA) is 15.3 Å². The van der Waals surface area contributed by atoms with Gasteiger partial charge >= 0.3 is 0 Å². The highest BCUT2D eigenvalue weighted by atomic mass is 35.5. The summed E-state index contributed by atoms with van der Waals surface area (Å²) in [4.78, 5) is 2.35. The standard InChI is InChI=1S/C17H27ClN2/c1-14-5-3-8-17(11-14)19-9-10-20(2)13-15-6-4-7-16(18)12-15/h4,6-7,12,14,17,19H,3,5,8-11,13H2,1-2H3. The molecule has 0 amide bonds. The van der Waals surface area contributed by atoms with E-state index in [1.165, 1.54) is 31.2 Å². The number of nitrogens with zero attached hydrogens (tertiary/aromatic N) is 1. The Bertz CT molecular complexity index is 408. The fraction of sp³-hybridized carbons (Fsp3) is 0.647. The third-order valence-corrected chi connectivity index (χ3v) is 4.44. The van der Waals surface area contributed by atoms with E-state index in [-0.39, 0.29) is 0 Å². The highest BCUT2D eigenvalue weighted by molar-refractivity contribution is 6.30. The maximum Gasteiger partial charge on any atom is 0.0409 e. The first-order valence-electron chi connectivity index (χ1n) is 7.80. The zero-order valence-corrected chi connectivity index (χ0v) is 13.5. The lowest BCUT2D eigenvalue weighted by Gasteiger charge is -2.28. The third-order valence-electron chi connectivity index (χ3n) is 4.20. The maximum atomic E-state index is 6.02. The van der Waals surface area contributed by atoms with Gasteiger partial charge in [-0.05, 0) is 43.5 Å². The van der Waals surface area contributed by atoms with E-state index >= 15 is 0 Å². The Labute approximate surface area is 128 Å². The fourth-order valence-electron chi connectivity index (χ4n) is 3.11. The second-order valence-electron chi connectivity index (χ2n) is 6.29. The van der Waals surface area contributed by atoms with Crippen LogP contribution >= 0.6 is 11.6 Å². The molecule has 1 aromatic carbocycles. The lowest BCUT2D eigenvalue weighted by atomic mass is 9.87. The summed E-state index contributed by atoms with van der Waals surface area (Å²) in [6, 6.07) is 8.87. The second-order valence-corrected chi connectivity index (χ2v) is 6.73. The van der Waals surface area contributed by atoms with Crippen molar-refractivity contribution in [1.82, 2.24) is 10.2 Å². The van der Waals surface area contributed by atoms with Crippen LogP contribution < -0.4 is 5.32 Å². The molecule has 112 valence electrons. The van der Waals surface area contributed by atoms with Crippen LogP contribution in [0, 0.1) is 5.92 Å². The number of rotatable bonds is 6. The van der Waals surface area contributed by atoms with Crippen molar-refractivity contribution in [1.29, 1.82) is 0 Å². The largest absolute Gasteiger partial charge is 0.313 e. The molecule has 2 rings (SSSR count). The Hall–Kier alpha value is -0.570. The molecule has 0 bridgehead atoms. The van der Waals surface area contributed by atoms with Gasteiger partial charge in [0.05, 0.1) is 0 Å². The van der Waals surface area contributed by atoms with Gasteiger partial charge in [-0.3, -0.25) is 0 Å². The second kappa shape index (κ2) is 8.02. The van der Waals surface area contributed by atoms with Crippen molar-refractivity contribution in [2.45, 2.75) is 45.2 Å².